The quantitative estimate of drug-likeness (QED) is 0.708. The molecule has 1 aromatic rings. The highest BCUT2D eigenvalue weighted by atomic mass is 32.2. The predicted molar refractivity (Wildman–Crippen MR) is 118 cm³/mol. The molecule has 3 rings (SSSR count). The van der Waals surface area contributed by atoms with Crippen LogP contribution in [0, 0.1) is 16.7 Å². The van der Waals surface area contributed by atoms with Crippen LogP contribution >= 0.6 is 0 Å². The van der Waals surface area contributed by atoms with Crippen molar-refractivity contribution in [1.82, 2.24) is 9.62 Å². The Hall–Kier alpha value is -1.75. The monoisotopic (exact) mass is 431 g/mol. The zero-order valence-corrected chi connectivity index (χ0v) is 19.7. The number of carbonyl (C=O) groups is 1. The third-order valence-electron chi connectivity index (χ3n) is 5.93. The van der Waals surface area contributed by atoms with Crippen molar-refractivity contribution in [3.63, 3.8) is 0 Å². The molecular weight excluding hydrogens is 398 g/mol. The first kappa shape index (κ1) is 22.9. The van der Waals surface area contributed by atoms with Crippen molar-refractivity contribution in [2.45, 2.75) is 77.2 Å². The summed E-state index contributed by atoms with van der Waals surface area (Å²) in [7, 11) is 0. The van der Waals surface area contributed by atoms with Gasteiger partial charge in [0.1, 0.15) is 10.3 Å². The zero-order chi connectivity index (χ0) is 22.3. The lowest BCUT2D eigenvalue weighted by Gasteiger charge is -2.43. The molecule has 164 valence electrons. The number of piperidine rings is 1. The van der Waals surface area contributed by atoms with Crippen molar-refractivity contribution >= 4 is 17.5 Å². The molecule has 2 aliphatic rings. The van der Waals surface area contributed by atoms with E-state index in [2.05, 4.69) is 10.8 Å². The molecule has 2 atom stereocenters. The maximum atomic E-state index is 13.0. The topological polar surface area (TPSA) is 88.4 Å². The van der Waals surface area contributed by atoms with Gasteiger partial charge in [-0.25, -0.2) is 4.79 Å². The van der Waals surface area contributed by atoms with E-state index in [4.69, 9.17) is 4.74 Å². The Bertz CT molecular complexity index is 843. The van der Waals surface area contributed by atoms with Crippen LogP contribution in [0.2, 0.25) is 0 Å². The van der Waals surface area contributed by atoms with Gasteiger partial charge in [-0.2, -0.15) is 5.26 Å². The van der Waals surface area contributed by atoms with Gasteiger partial charge in [0.05, 0.1) is 17.7 Å². The second-order valence-corrected chi connectivity index (χ2v) is 12.5. The smallest absolute Gasteiger partial charge is 0.410 e. The average molecular weight is 432 g/mol. The molecule has 1 saturated heterocycles. The Morgan fingerprint density at radius 2 is 1.90 bits per heavy atom. The molecule has 1 aliphatic heterocycles. The van der Waals surface area contributed by atoms with Crippen molar-refractivity contribution in [3.05, 3.63) is 34.9 Å². The summed E-state index contributed by atoms with van der Waals surface area (Å²) >= 11 is -1.22. The number of rotatable bonds is 2. The van der Waals surface area contributed by atoms with Gasteiger partial charge < -0.3 is 14.2 Å². The highest BCUT2D eigenvalue weighted by Gasteiger charge is 2.51. The number of carbonyl (C=O) groups excluding carboxylic acids is 1. The third-order valence-corrected chi connectivity index (χ3v) is 7.49. The molecule has 0 bridgehead atoms. The lowest BCUT2D eigenvalue weighted by atomic mass is 9.73. The summed E-state index contributed by atoms with van der Waals surface area (Å²) in [6.45, 7) is 12.7. The first-order chi connectivity index (χ1) is 13.8. The number of nitrogens with one attached hydrogen (secondary N) is 1. The van der Waals surface area contributed by atoms with Gasteiger partial charge in [-0.1, -0.05) is 6.07 Å². The van der Waals surface area contributed by atoms with E-state index in [1.807, 2.05) is 59.7 Å². The van der Waals surface area contributed by atoms with Crippen LogP contribution in [0.5, 0.6) is 0 Å². The molecule has 0 radical (unpaired) electrons. The second-order valence-electron chi connectivity index (χ2n) is 10.5. The van der Waals surface area contributed by atoms with Gasteiger partial charge in [0, 0.05) is 29.9 Å². The Labute approximate surface area is 183 Å². The Morgan fingerprint density at radius 1 is 1.27 bits per heavy atom. The fourth-order valence-corrected chi connectivity index (χ4v) is 5.26. The van der Waals surface area contributed by atoms with Gasteiger partial charge in [0.15, 0.2) is 0 Å². The maximum Gasteiger partial charge on any atom is 0.410 e. The first-order valence-electron chi connectivity index (χ1n) is 10.5. The SMILES string of the molecule is CC(C)(C)OC(=O)N1CCC2(CC1)Cc1cc(C#N)ccc1[C@@H]2N[S@+]([O-])C(C)(C)C. The van der Waals surface area contributed by atoms with E-state index < -0.39 is 17.0 Å². The predicted octanol–water partition coefficient (Wildman–Crippen LogP) is 4.22. The van der Waals surface area contributed by atoms with Gasteiger partial charge >= 0.3 is 6.09 Å². The lowest BCUT2D eigenvalue weighted by molar-refractivity contribution is 0.00716. The van der Waals surface area contributed by atoms with E-state index in [1.54, 1.807) is 4.90 Å². The van der Waals surface area contributed by atoms with Crippen LogP contribution in [0.25, 0.3) is 0 Å². The van der Waals surface area contributed by atoms with Crippen molar-refractivity contribution in [3.8, 4) is 6.07 Å². The second kappa shape index (κ2) is 8.07. The van der Waals surface area contributed by atoms with Gasteiger partial charge in [-0.05, 0) is 84.1 Å². The van der Waals surface area contributed by atoms with E-state index in [-0.39, 0.29) is 22.3 Å². The number of amides is 1. The van der Waals surface area contributed by atoms with Crippen molar-refractivity contribution < 1.29 is 14.1 Å². The molecule has 0 unspecified atom stereocenters. The van der Waals surface area contributed by atoms with E-state index in [9.17, 15) is 14.6 Å². The number of benzene rings is 1. The van der Waals surface area contributed by atoms with Gasteiger partial charge in [0.2, 0.25) is 0 Å². The molecule has 1 amide bonds. The highest BCUT2D eigenvalue weighted by molar-refractivity contribution is 7.90. The molecule has 1 heterocycles. The Balaban J connectivity index is 1.84. The van der Waals surface area contributed by atoms with Crippen LogP contribution in [-0.2, 0) is 22.5 Å². The van der Waals surface area contributed by atoms with E-state index >= 15 is 0 Å². The molecule has 0 aromatic heterocycles. The highest BCUT2D eigenvalue weighted by Crippen LogP contribution is 2.52. The van der Waals surface area contributed by atoms with E-state index in [1.165, 1.54) is 0 Å². The summed E-state index contributed by atoms with van der Waals surface area (Å²) < 4.78 is 21.5. The summed E-state index contributed by atoms with van der Waals surface area (Å²) in [6.07, 6.45) is 2.13. The van der Waals surface area contributed by atoms with Crippen LogP contribution in [0.1, 0.15) is 77.1 Å². The van der Waals surface area contributed by atoms with Gasteiger partial charge in [0.25, 0.3) is 0 Å². The molecule has 0 saturated carbocycles. The molecule has 30 heavy (non-hydrogen) atoms. The van der Waals surface area contributed by atoms with Crippen molar-refractivity contribution in [1.29, 1.82) is 5.26 Å². The number of ether oxygens (including phenoxy) is 1. The lowest BCUT2D eigenvalue weighted by Crippen LogP contribution is -2.51. The summed E-state index contributed by atoms with van der Waals surface area (Å²) in [5.41, 5.74) is 2.26. The summed E-state index contributed by atoms with van der Waals surface area (Å²) in [5.74, 6) is 0. The third kappa shape index (κ3) is 4.77. The van der Waals surface area contributed by atoms with E-state index in [0.29, 0.717) is 18.7 Å². The molecule has 1 spiro atoms. The van der Waals surface area contributed by atoms with Crippen LogP contribution < -0.4 is 4.72 Å². The van der Waals surface area contributed by atoms with E-state index in [0.717, 1.165) is 30.4 Å². The molecule has 1 fully saturated rings. The van der Waals surface area contributed by atoms with Crippen LogP contribution in [-0.4, -0.2) is 39.0 Å². The summed E-state index contributed by atoms with van der Waals surface area (Å²) in [4.78, 5) is 14.3. The molecular formula is C23H33N3O3S. The molecule has 1 aromatic carbocycles. The normalized spacial score (nSPS) is 21.8. The summed E-state index contributed by atoms with van der Waals surface area (Å²) in [6, 6.07) is 7.95. The summed E-state index contributed by atoms with van der Waals surface area (Å²) in [5, 5.41) is 9.31. The van der Waals surface area contributed by atoms with Crippen LogP contribution in [0.15, 0.2) is 18.2 Å². The number of hydrogen-bond acceptors (Lipinski definition) is 5. The minimum absolute atomic E-state index is 0.0684. The van der Waals surface area contributed by atoms with Crippen molar-refractivity contribution in [2.24, 2.45) is 5.41 Å². The first-order valence-corrected chi connectivity index (χ1v) is 11.7. The number of hydrogen-bond donors (Lipinski definition) is 1. The van der Waals surface area contributed by atoms with Gasteiger partial charge in [-0.3, -0.25) is 0 Å². The zero-order valence-electron chi connectivity index (χ0n) is 18.9. The minimum atomic E-state index is -1.22. The van der Waals surface area contributed by atoms with Crippen LogP contribution in [0.4, 0.5) is 4.79 Å². The molecule has 1 aliphatic carbocycles. The molecule has 1 N–H and O–H groups in total. The van der Waals surface area contributed by atoms with Crippen LogP contribution in [0.3, 0.4) is 0 Å². The largest absolute Gasteiger partial charge is 0.598 e. The fraction of sp³-hybridized carbons (Fsp3) is 0.652. The minimum Gasteiger partial charge on any atom is -0.598 e. The Morgan fingerprint density at radius 3 is 2.43 bits per heavy atom. The molecule has 7 heteroatoms. The number of nitrogens with zero attached hydrogens (tertiary/aromatic N) is 2. The van der Waals surface area contributed by atoms with Crippen molar-refractivity contribution in [2.75, 3.05) is 13.1 Å². The molecule has 6 nitrogen and oxygen atoms in total. The fourth-order valence-electron chi connectivity index (χ4n) is 4.32. The standard InChI is InChI=1S/C23H33N3O3S/c1-21(2,3)29-20(27)26-11-9-23(10-12-26)14-17-13-16(15-24)7-8-18(17)19(23)25-30(28)22(4,5)6/h7-8,13,19,25H,9-12,14H2,1-6H3/t19-,30+/m0/s1. The average Bonchev–Trinajstić information content (AvgIpc) is 2.92. The van der Waals surface area contributed by atoms with Gasteiger partial charge in [-0.15, -0.1) is 4.72 Å². The number of fused-ring (bicyclic) bond motifs is 1. The maximum absolute atomic E-state index is 13.0. The number of likely N-dealkylation sites (tertiary alicyclic amines) is 1. The Kier molecular flexibility index (Phi) is 6.16. The number of nitriles is 1.